The van der Waals surface area contributed by atoms with Crippen LogP contribution in [0.2, 0.25) is 0 Å². The molecular formula is C50H32N4. The molecule has 0 atom stereocenters. The molecule has 4 nitrogen and oxygen atoms in total. The lowest BCUT2D eigenvalue weighted by atomic mass is 10.1. The molecule has 0 fully saturated rings. The van der Waals surface area contributed by atoms with Gasteiger partial charge in [0.25, 0.3) is 0 Å². The van der Waals surface area contributed by atoms with Crippen LogP contribution in [-0.2, 0) is 0 Å². The number of benzene rings is 8. The van der Waals surface area contributed by atoms with Crippen LogP contribution in [0.4, 0.5) is 0 Å². The monoisotopic (exact) mass is 688 g/mol. The average Bonchev–Trinajstić information content (AvgIpc) is 3.77. The van der Waals surface area contributed by atoms with Gasteiger partial charge in [0, 0.05) is 49.3 Å². The maximum Gasteiger partial charge on any atom is 0.160 e. The summed E-state index contributed by atoms with van der Waals surface area (Å²) in [5, 5.41) is 7.33. The number of nitrogens with zero attached hydrogens (tertiary/aromatic N) is 4. The number of hydrogen-bond donors (Lipinski definition) is 0. The van der Waals surface area contributed by atoms with Crippen molar-refractivity contribution in [2.75, 3.05) is 0 Å². The van der Waals surface area contributed by atoms with Crippen molar-refractivity contribution in [2.45, 2.75) is 0 Å². The van der Waals surface area contributed by atoms with Gasteiger partial charge < -0.3 is 9.13 Å². The number of fused-ring (bicyclic) bond motifs is 8. The van der Waals surface area contributed by atoms with Crippen molar-refractivity contribution < 1.29 is 0 Å². The summed E-state index contributed by atoms with van der Waals surface area (Å²) < 4.78 is 4.94. The lowest BCUT2D eigenvalue weighted by Crippen LogP contribution is -2.00. The second-order valence-electron chi connectivity index (χ2n) is 13.8. The number of hydrogen-bond acceptors (Lipinski definition) is 2. The van der Waals surface area contributed by atoms with Crippen LogP contribution in [0.1, 0.15) is 0 Å². The van der Waals surface area contributed by atoms with E-state index in [1.54, 1.807) is 0 Å². The first-order chi connectivity index (χ1) is 26.8. The van der Waals surface area contributed by atoms with Gasteiger partial charge in [0.2, 0.25) is 0 Å². The third kappa shape index (κ3) is 4.70. The van der Waals surface area contributed by atoms with Crippen LogP contribution in [-0.4, -0.2) is 19.1 Å². The molecule has 8 aromatic carbocycles. The van der Waals surface area contributed by atoms with E-state index in [-0.39, 0.29) is 0 Å². The zero-order chi connectivity index (χ0) is 35.6. The van der Waals surface area contributed by atoms with Crippen molar-refractivity contribution in [3.8, 4) is 45.3 Å². The number of para-hydroxylation sites is 2. The average molecular weight is 689 g/mol. The van der Waals surface area contributed by atoms with Crippen molar-refractivity contribution >= 4 is 54.4 Å². The van der Waals surface area contributed by atoms with Crippen LogP contribution in [0.5, 0.6) is 0 Å². The van der Waals surface area contributed by atoms with Crippen LogP contribution in [0.15, 0.2) is 194 Å². The van der Waals surface area contributed by atoms with Gasteiger partial charge in [-0.1, -0.05) is 158 Å². The minimum atomic E-state index is 0.704. The largest absolute Gasteiger partial charge is 0.307 e. The summed E-state index contributed by atoms with van der Waals surface area (Å²) >= 11 is 0. The molecule has 0 bridgehead atoms. The van der Waals surface area contributed by atoms with Gasteiger partial charge >= 0.3 is 0 Å². The maximum absolute atomic E-state index is 5.18. The van der Waals surface area contributed by atoms with Gasteiger partial charge in [-0.25, -0.2) is 9.97 Å². The van der Waals surface area contributed by atoms with E-state index in [1.807, 2.05) is 24.3 Å². The highest BCUT2D eigenvalue weighted by Gasteiger charge is 2.22. The predicted octanol–water partition coefficient (Wildman–Crippen LogP) is 12.8. The molecular weight excluding hydrogens is 657 g/mol. The molecule has 11 rings (SSSR count). The predicted molar refractivity (Wildman–Crippen MR) is 225 cm³/mol. The van der Waals surface area contributed by atoms with E-state index < -0.39 is 0 Å². The third-order valence-corrected chi connectivity index (χ3v) is 10.7. The highest BCUT2D eigenvalue weighted by Crippen LogP contribution is 2.43. The fourth-order valence-electron chi connectivity index (χ4n) is 8.29. The van der Waals surface area contributed by atoms with Gasteiger partial charge in [-0.3, -0.25) is 0 Å². The van der Waals surface area contributed by atoms with Gasteiger partial charge in [-0.05, 0) is 41.8 Å². The van der Waals surface area contributed by atoms with E-state index in [0.29, 0.717) is 5.82 Å². The van der Waals surface area contributed by atoms with Crippen LogP contribution in [0, 0.1) is 0 Å². The van der Waals surface area contributed by atoms with E-state index in [9.17, 15) is 0 Å². The molecule has 4 heteroatoms. The first-order valence-electron chi connectivity index (χ1n) is 18.3. The molecule has 0 saturated heterocycles. The molecule has 0 N–H and O–H groups in total. The van der Waals surface area contributed by atoms with Gasteiger partial charge in [0.05, 0.1) is 39.1 Å². The van der Waals surface area contributed by atoms with Crippen molar-refractivity contribution in [1.82, 2.24) is 19.1 Å². The van der Waals surface area contributed by atoms with Gasteiger partial charge in [0.1, 0.15) is 0 Å². The quantitative estimate of drug-likeness (QED) is 0.180. The lowest BCUT2D eigenvalue weighted by molar-refractivity contribution is 1.15. The fourth-order valence-corrected chi connectivity index (χ4v) is 8.29. The molecule has 0 unspecified atom stereocenters. The second kappa shape index (κ2) is 12.1. The minimum absolute atomic E-state index is 0.704. The van der Waals surface area contributed by atoms with Crippen LogP contribution >= 0.6 is 0 Å². The minimum Gasteiger partial charge on any atom is -0.307 e. The molecule has 0 saturated carbocycles. The standard InChI is InChI=1S/C50H32N4/c1-3-16-34(17-4-1)43-32-44(52-50(51-43)35-18-5-2-6-19-35)36-21-13-22-37(31-36)53-46-26-11-9-24-39(46)41-29-30-42-40-25-10-12-27-47(40)54(49(42)48(41)53)45-28-14-20-33-15-7-8-23-38(33)45/h1-32H. The molecule has 0 aliphatic rings. The summed E-state index contributed by atoms with van der Waals surface area (Å²) in [5.74, 6) is 0.704. The smallest absolute Gasteiger partial charge is 0.160 e. The Kier molecular flexibility index (Phi) is 6.82. The summed E-state index contributed by atoms with van der Waals surface area (Å²) in [4.78, 5) is 10.2. The number of rotatable bonds is 5. The molecule has 11 aromatic rings. The van der Waals surface area contributed by atoms with E-state index in [4.69, 9.17) is 9.97 Å². The molecule has 54 heavy (non-hydrogen) atoms. The molecule has 0 radical (unpaired) electrons. The summed E-state index contributed by atoms with van der Waals surface area (Å²) in [6.07, 6.45) is 0. The SMILES string of the molecule is c1ccc(-c2cc(-c3cccc(-n4c5ccccc5c5ccc6c7ccccc7n(-c7cccc8ccccc78)c6c54)c3)nc(-c3ccccc3)n2)cc1. The van der Waals surface area contributed by atoms with Gasteiger partial charge in [-0.15, -0.1) is 0 Å². The Bertz CT molecular complexity index is 3150. The maximum atomic E-state index is 5.18. The molecule has 3 heterocycles. The fraction of sp³-hybridized carbons (Fsp3) is 0. The Hall–Kier alpha value is -7.30. The lowest BCUT2D eigenvalue weighted by Gasteiger charge is -2.15. The molecule has 0 aliphatic heterocycles. The van der Waals surface area contributed by atoms with E-state index in [1.165, 1.54) is 54.6 Å². The van der Waals surface area contributed by atoms with Crippen LogP contribution in [0.25, 0.3) is 99.7 Å². The van der Waals surface area contributed by atoms with Crippen molar-refractivity contribution in [3.05, 3.63) is 194 Å². The van der Waals surface area contributed by atoms with Gasteiger partial charge in [-0.2, -0.15) is 0 Å². The molecule has 0 amide bonds. The number of aromatic nitrogens is 4. The van der Waals surface area contributed by atoms with Crippen LogP contribution < -0.4 is 0 Å². The summed E-state index contributed by atoms with van der Waals surface area (Å²) in [7, 11) is 0. The third-order valence-electron chi connectivity index (χ3n) is 10.7. The topological polar surface area (TPSA) is 35.6 Å². The zero-order valence-corrected chi connectivity index (χ0v) is 29.3. The Balaban J connectivity index is 1.22. The van der Waals surface area contributed by atoms with Crippen molar-refractivity contribution in [1.29, 1.82) is 0 Å². The van der Waals surface area contributed by atoms with E-state index >= 15 is 0 Å². The Labute approximate surface area is 311 Å². The first kappa shape index (κ1) is 30.3. The summed E-state index contributed by atoms with van der Waals surface area (Å²) in [6.45, 7) is 0. The van der Waals surface area contributed by atoms with E-state index in [0.717, 1.165) is 39.3 Å². The molecule has 0 aliphatic carbocycles. The molecule has 252 valence electrons. The van der Waals surface area contributed by atoms with E-state index in [2.05, 4.69) is 179 Å². The van der Waals surface area contributed by atoms with Crippen molar-refractivity contribution in [2.24, 2.45) is 0 Å². The Morgan fingerprint density at radius 2 is 0.852 bits per heavy atom. The molecule has 0 spiro atoms. The molecule has 3 aromatic heterocycles. The Morgan fingerprint density at radius 1 is 0.333 bits per heavy atom. The van der Waals surface area contributed by atoms with Gasteiger partial charge in [0.15, 0.2) is 5.82 Å². The summed E-state index contributed by atoms with van der Waals surface area (Å²) in [6, 6.07) is 69.0. The summed E-state index contributed by atoms with van der Waals surface area (Å²) in [5.41, 5.74) is 11.8. The first-order valence-corrected chi connectivity index (χ1v) is 18.3. The second-order valence-corrected chi connectivity index (χ2v) is 13.8. The highest BCUT2D eigenvalue weighted by atomic mass is 15.0. The zero-order valence-electron chi connectivity index (χ0n) is 29.3. The Morgan fingerprint density at radius 3 is 1.57 bits per heavy atom. The normalized spacial score (nSPS) is 11.7. The van der Waals surface area contributed by atoms with Crippen LogP contribution in [0.3, 0.4) is 0 Å². The van der Waals surface area contributed by atoms with Crippen molar-refractivity contribution in [3.63, 3.8) is 0 Å². The highest BCUT2D eigenvalue weighted by molar-refractivity contribution is 6.24.